The van der Waals surface area contributed by atoms with Gasteiger partial charge in [-0.15, -0.1) is 0 Å². The number of nitrogens with zero attached hydrogens (tertiary/aromatic N) is 1. The first kappa shape index (κ1) is 17.0. The molecule has 1 saturated heterocycles. The van der Waals surface area contributed by atoms with Gasteiger partial charge in [-0.2, -0.15) is 0 Å². The van der Waals surface area contributed by atoms with E-state index in [2.05, 4.69) is 5.32 Å². The maximum atomic E-state index is 12.1. The largest absolute Gasteiger partial charge is 0.459 e. The summed E-state index contributed by atoms with van der Waals surface area (Å²) in [6.07, 6.45) is 0.524. The van der Waals surface area contributed by atoms with E-state index in [1.807, 2.05) is 0 Å². The number of hydrogen-bond donors (Lipinski definition) is 1. The van der Waals surface area contributed by atoms with Crippen molar-refractivity contribution in [3.63, 3.8) is 0 Å². The van der Waals surface area contributed by atoms with Crippen molar-refractivity contribution in [1.82, 2.24) is 10.2 Å². The second-order valence-corrected chi connectivity index (χ2v) is 5.05. The van der Waals surface area contributed by atoms with Crippen LogP contribution < -0.4 is 5.32 Å². The highest BCUT2D eigenvalue weighted by Crippen LogP contribution is 2.05. The second kappa shape index (κ2) is 8.33. The third-order valence-electron chi connectivity index (χ3n) is 3.34. The Morgan fingerprint density at radius 1 is 1.35 bits per heavy atom. The van der Waals surface area contributed by atoms with Crippen LogP contribution in [0.5, 0.6) is 0 Å². The Kier molecular flexibility index (Phi) is 6.16. The molecule has 0 aliphatic carbocycles. The number of rotatable bonds is 6. The quantitative estimate of drug-likeness (QED) is 0.750. The van der Waals surface area contributed by atoms with Gasteiger partial charge < -0.3 is 24.1 Å². The summed E-state index contributed by atoms with van der Waals surface area (Å²) in [5.74, 6) is -1.01. The minimum Gasteiger partial charge on any atom is -0.459 e. The number of furan rings is 1. The molecule has 0 unspecified atom stereocenters. The van der Waals surface area contributed by atoms with Crippen LogP contribution in [-0.2, 0) is 19.1 Å². The number of ether oxygens (including phenoxy) is 2. The highest BCUT2D eigenvalue weighted by molar-refractivity contribution is 5.91. The van der Waals surface area contributed by atoms with Gasteiger partial charge in [0.25, 0.3) is 11.8 Å². The number of morpholine rings is 1. The molecule has 0 saturated carbocycles. The third kappa shape index (κ3) is 5.10. The summed E-state index contributed by atoms with van der Waals surface area (Å²) in [5.41, 5.74) is 0. The van der Waals surface area contributed by atoms with Crippen LogP contribution in [0.15, 0.2) is 22.8 Å². The summed E-state index contributed by atoms with van der Waals surface area (Å²) in [6, 6.07) is 3.12. The van der Waals surface area contributed by atoms with Gasteiger partial charge in [0.05, 0.1) is 25.9 Å². The Bertz CT molecular complexity index is 536. The van der Waals surface area contributed by atoms with Crippen LogP contribution in [0, 0.1) is 0 Å². The number of carbonyl (C=O) groups excluding carboxylic acids is 3. The van der Waals surface area contributed by atoms with Crippen molar-refractivity contribution in [2.24, 2.45) is 0 Å². The molecule has 23 heavy (non-hydrogen) atoms. The minimum atomic E-state index is -0.846. The Hall–Kier alpha value is -2.35. The standard InChI is InChI=1S/C15H20N2O6/c1-11(15(20)17-6-9-21-10-7-17)23-13(18)4-5-16-14(19)12-3-2-8-22-12/h2-3,8,11H,4-7,9-10H2,1H3,(H,16,19)/t11-/m1/s1. The highest BCUT2D eigenvalue weighted by Gasteiger charge is 2.25. The molecule has 2 heterocycles. The molecule has 0 aromatic carbocycles. The average Bonchev–Trinajstić information content (AvgIpc) is 3.09. The first-order valence-electron chi connectivity index (χ1n) is 7.45. The van der Waals surface area contributed by atoms with Gasteiger partial charge in [0.2, 0.25) is 0 Å². The molecule has 0 bridgehead atoms. The summed E-state index contributed by atoms with van der Waals surface area (Å²) < 4.78 is 15.2. The molecule has 8 nitrogen and oxygen atoms in total. The second-order valence-electron chi connectivity index (χ2n) is 5.05. The van der Waals surface area contributed by atoms with Crippen LogP contribution in [0.2, 0.25) is 0 Å². The van der Waals surface area contributed by atoms with Gasteiger partial charge in [0.15, 0.2) is 11.9 Å². The molecule has 0 radical (unpaired) electrons. The van der Waals surface area contributed by atoms with Crippen molar-refractivity contribution in [2.75, 3.05) is 32.8 Å². The minimum absolute atomic E-state index is 0.0207. The van der Waals surface area contributed by atoms with E-state index < -0.39 is 18.0 Å². The van der Waals surface area contributed by atoms with Crippen molar-refractivity contribution in [3.05, 3.63) is 24.2 Å². The zero-order valence-electron chi connectivity index (χ0n) is 12.9. The summed E-state index contributed by atoms with van der Waals surface area (Å²) in [4.78, 5) is 37.0. The summed E-state index contributed by atoms with van der Waals surface area (Å²) in [7, 11) is 0. The van der Waals surface area contributed by atoms with Crippen molar-refractivity contribution in [2.45, 2.75) is 19.4 Å². The summed E-state index contributed by atoms with van der Waals surface area (Å²) >= 11 is 0. The Morgan fingerprint density at radius 2 is 2.09 bits per heavy atom. The highest BCUT2D eigenvalue weighted by atomic mass is 16.5. The molecule has 2 rings (SSSR count). The molecule has 1 aromatic heterocycles. The molecule has 1 aliphatic rings. The zero-order valence-corrected chi connectivity index (χ0v) is 12.9. The summed E-state index contributed by atoms with van der Waals surface area (Å²) in [6.45, 7) is 3.63. The third-order valence-corrected chi connectivity index (χ3v) is 3.34. The van der Waals surface area contributed by atoms with E-state index >= 15 is 0 Å². The fraction of sp³-hybridized carbons (Fsp3) is 0.533. The average molecular weight is 324 g/mol. The molecule has 8 heteroatoms. The Balaban J connectivity index is 1.67. The maximum Gasteiger partial charge on any atom is 0.308 e. The van der Waals surface area contributed by atoms with E-state index in [1.165, 1.54) is 19.3 Å². The molecule has 1 fully saturated rings. The van der Waals surface area contributed by atoms with Crippen LogP contribution in [0.3, 0.4) is 0 Å². The molecule has 1 N–H and O–H groups in total. The lowest BCUT2D eigenvalue weighted by molar-refractivity contribution is -0.160. The van der Waals surface area contributed by atoms with Gasteiger partial charge in [0.1, 0.15) is 0 Å². The predicted octanol–water partition coefficient (Wildman–Crippen LogP) is 0.190. The van der Waals surface area contributed by atoms with E-state index in [9.17, 15) is 14.4 Å². The molecule has 1 aromatic rings. The maximum absolute atomic E-state index is 12.1. The van der Waals surface area contributed by atoms with Crippen LogP contribution >= 0.6 is 0 Å². The van der Waals surface area contributed by atoms with Gasteiger partial charge >= 0.3 is 5.97 Å². The number of carbonyl (C=O) groups is 3. The predicted molar refractivity (Wildman–Crippen MR) is 78.6 cm³/mol. The smallest absolute Gasteiger partial charge is 0.308 e. The first-order valence-corrected chi connectivity index (χ1v) is 7.45. The van der Waals surface area contributed by atoms with E-state index in [4.69, 9.17) is 13.9 Å². The van der Waals surface area contributed by atoms with E-state index in [-0.39, 0.29) is 24.6 Å². The van der Waals surface area contributed by atoms with Gasteiger partial charge in [-0.3, -0.25) is 14.4 Å². The summed E-state index contributed by atoms with van der Waals surface area (Å²) in [5, 5.41) is 2.54. The number of esters is 1. The van der Waals surface area contributed by atoms with Gasteiger partial charge in [-0.25, -0.2) is 0 Å². The molecule has 1 aliphatic heterocycles. The van der Waals surface area contributed by atoms with Gasteiger partial charge in [-0.05, 0) is 19.1 Å². The molecular weight excluding hydrogens is 304 g/mol. The van der Waals surface area contributed by atoms with Crippen LogP contribution in [0.25, 0.3) is 0 Å². The number of nitrogens with one attached hydrogen (secondary N) is 1. The van der Waals surface area contributed by atoms with Crippen LogP contribution in [0.4, 0.5) is 0 Å². The lowest BCUT2D eigenvalue weighted by Crippen LogP contribution is -2.46. The van der Waals surface area contributed by atoms with Crippen molar-refractivity contribution in [1.29, 1.82) is 0 Å². The van der Waals surface area contributed by atoms with Crippen LogP contribution in [0.1, 0.15) is 23.9 Å². The lowest BCUT2D eigenvalue weighted by atomic mass is 10.3. The topological polar surface area (TPSA) is 98.1 Å². The monoisotopic (exact) mass is 324 g/mol. The molecule has 126 valence electrons. The van der Waals surface area contributed by atoms with E-state index in [0.29, 0.717) is 26.3 Å². The lowest BCUT2D eigenvalue weighted by Gasteiger charge is -2.28. The Labute approximate surface area is 133 Å². The van der Waals surface area contributed by atoms with Crippen molar-refractivity contribution >= 4 is 17.8 Å². The molecule has 0 spiro atoms. The molecule has 1 atom stereocenters. The molecular formula is C15H20N2O6. The van der Waals surface area contributed by atoms with E-state index in [0.717, 1.165) is 0 Å². The van der Waals surface area contributed by atoms with Crippen molar-refractivity contribution in [3.8, 4) is 0 Å². The SMILES string of the molecule is C[C@@H](OC(=O)CCNC(=O)c1ccco1)C(=O)N1CCOCC1. The normalized spacial score (nSPS) is 15.8. The van der Waals surface area contributed by atoms with E-state index in [1.54, 1.807) is 11.0 Å². The number of amides is 2. The number of hydrogen-bond acceptors (Lipinski definition) is 6. The Morgan fingerprint density at radius 3 is 2.74 bits per heavy atom. The van der Waals surface area contributed by atoms with Gasteiger partial charge in [-0.1, -0.05) is 0 Å². The fourth-order valence-corrected chi connectivity index (χ4v) is 2.12. The van der Waals surface area contributed by atoms with Crippen LogP contribution in [-0.4, -0.2) is 61.6 Å². The van der Waals surface area contributed by atoms with Crippen molar-refractivity contribution < 1.29 is 28.3 Å². The first-order chi connectivity index (χ1) is 11.1. The fourth-order valence-electron chi connectivity index (χ4n) is 2.12. The zero-order chi connectivity index (χ0) is 16.7. The van der Waals surface area contributed by atoms with Gasteiger partial charge in [0, 0.05) is 19.6 Å². The molecule has 2 amide bonds.